The Balaban J connectivity index is 2.25. The average Bonchev–Trinajstić information content (AvgIpc) is 2.39. The number of carboxylic acids is 1. The van der Waals surface area contributed by atoms with Gasteiger partial charge in [0.25, 0.3) is 0 Å². The largest absolute Gasteiger partial charge is 0.488 e. The van der Waals surface area contributed by atoms with E-state index in [4.69, 9.17) is 38.8 Å². The fourth-order valence-electron chi connectivity index (χ4n) is 1.66. The fourth-order valence-corrected chi connectivity index (χ4v) is 2.17. The second-order valence-corrected chi connectivity index (χ2v) is 4.86. The predicted octanol–water partition coefficient (Wildman–Crippen LogP) is 3.85. The Morgan fingerprint density at radius 2 is 1.85 bits per heavy atom. The van der Waals surface area contributed by atoms with E-state index in [1.165, 1.54) is 12.1 Å². The normalized spacial score (nSPS) is 10.3. The summed E-state index contributed by atoms with van der Waals surface area (Å²) < 4.78 is 5.50. The third kappa shape index (κ3) is 3.15. The summed E-state index contributed by atoms with van der Waals surface area (Å²) in [4.78, 5) is 11.1. The molecule has 0 atom stereocenters. The van der Waals surface area contributed by atoms with Gasteiger partial charge in [0.1, 0.15) is 17.9 Å². The summed E-state index contributed by atoms with van der Waals surface area (Å²) in [5, 5.41) is 10.0. The van der Waals surface area contributed by atoms with E-state index in [0.717, 1.165) is 0 Å². The lowest BCUT2D eigenvalue weighted by Gasteiger charge is -2.11. The Kier molecular flexibility index (Phi) is 4.37. The van der Waals surface area contributed by atoms with Gasteiger partial charge in [-0.3, -0.25) is 0 Å². The van der Waals surface area contributed by atoms with E-state index in [2.05, 4.69) is 0 Å². The maximum atomic E-state index is 11.1. The highest BCUT2D eigenvalue weighted by Gasteiger charge is 2.13. The average molecular weight is 312 g/mol. The van der Waals surface area contributed by atoms with Crippen molar-refractivity contribution in [1.82, 2.24) is 0 Å². The van der Waals surface area contributed by atoms with E-state index in [0.29, 0.717) is 21.3 Å². The number of anilines is 1. The third-order valence-electron chi connectivity index (χ3n) is 2.67. The first kappa shape index (κ1) is 14.5. The van der Waals surface area contributed by atoms with Crippen molar-refractivity contribution in [2.45, 2.75) is 6.61 Å². The number of nitrogens with two attached hydrogens (primary N) is 1. The number of halogens is 2. The Hall–Kier alpha value is -1.91. The van der Waals surface area contributed by atoms with Crippen LogP contribution in [0, 0.1) is 0 Å². The van der Waals surface area contributed by atoms with Crippen molar-refractivity contribution in [1.29, 1.82) is 0 Å². The topological polar surface area (TPSA) is 72.5 Å². The lowest BCUT2D eigenvalue weighted by atomic mass is 10.2. The van der Waals surface area contributed by atoms with Gasteiger partial charge in [0.05, 0.1) is 0 Å². The zero-order valence-corrected chi connectivity index (χ0v) is 11.8. The van der Waals surface area contributed by atoms with Crippen LogP contribution in [0.15, 0.2) is 36.4 Å². The summed E-state index contributed by atoms with van der Waals surface area (Å²) in [6.07, 6.45) is 0. The van der Waals surface area contributed by atoms with Crippen LogP contribution in [0.1, 0.15) is 15.9 Å². The molecule has 0 fully saturated rings. The van der Waals surface area contributed by atoms with Gasteiger partial charge in [-0.15, -0.1) is 0 Å². The van der Waals surface area contributed by atoms with Crippen LogP contribution in [-0.4, -0.2) is 11.1 Å². The van der Waals surface area contributed by atoms with E-state index in [9.17, 15) is 4.79 Å². The van der Waals surface area contributed by atoms with Gasteiger partial charge in [0.15, 0.2) is 0 Å². The standard InChI is InChI=1S/C14H11Cl2NO3/c15-11-2-1-3-12(16)10(11)7-20-13-5-4-8(17)6-9(13)14(18)19/h1-6H,7,17H2,(H,18,19). The van der Waals surface area contributed by atoms with Crippen molar-refractivity contribution in [3.05, 3.63) is 57.6 Å². The molecule has 2 aromatic rings. The molecule has 3 N–H and O–H groups in total. The molecular formula is C14H11Cl2NO3. The minimum Gasteiger partial charge on any atom is -0.488 e. The second-order valence-electron chi connectivity index (χ2n) is 4.05. The van der Waals surface area contributed by atoms with E-state index in [1.807, 2.05) is 0 Å². The molecule has 0 saturated carbocycles. The number of hydrogen-bond donors (Lipinski definition) is 2. The molecule has 6 heteroatoms. The molecule has 0 bridgehead atoms. The molecule has 0 aliphatic heterocycles. The Bertz CT molecular complexity index is 639. The van der Waals surface area contributed by atoms with Crippen LogP contribution in [0.25, 0.3) is 0 Å². The first-order chi connectivity index (χ1) is 9.49. The molecule has 0 spiro atoms. The minimum absolute atomic E-state index is 0.00632. The number of aromatic carboxylic acids is 1. The zero-order chi connectivity index (χ0) is 14.7. The molecule has 104 valence electrons. The highest BCUT2D eigenvalue weighted by atomic mass is 35.5. The molecule has 20 heavy (non-hydrogen) atoms. The number of ether oxygens (including phenoxy) is 1. The summed E-state index contributed by atoms with van der Waals surface area (Å²) in [6.45, 7) is 0.0721. The Morgan fingerprint density at radius 1 is 1.20 bits per heavy atom. The van der Waals surface area contributed by atoms with Gasteiger partial charge in [-0.05, 0) is 30.3 Å². The third-order valence-corrected chi connectivity index (χ3v) is 3.38. The number of rotatable bonds is 4. The van der Waals surface area contributed by atoms with Crippen molar-refractivity contribution in [2.24, 2.45) is 0 Å². The Morgan fingerprint density at radius 3 is 2.45 bits per heavy atom. The summed E-state index contributed by atoms with van der Waals surface area (Å²) in [6, 6.07) is 9.51. The van der Waals surface area contributed by atoms with Crippen LogP contribution in [-0.2, 0) is 6.61 Å². The molecule has 0 amide bonds. The van der Waals surface area contributed by atoms with Crippen LogP contribution in [0.4, 0.5) is 5.69 Å². The molecule has 4 nitrogen and oxygen atoms in total. The molecule has 0 unspecified atom stereocenters. The number of carboxylic acid groups (broad SMARTS) is 1. The van der Waals surface area contributed by atoms with Crippen molar-refractivity contribution in [2.75, 3.05) is 5.73 Å². The van der Waals surface area contributed by atoms with Gasteiger partial charge in [-0.1, -0.05) is 29.3 Å². The molecular weight excluding hydrogens is 301 g/mol. The van der Waals surface area contributed by atoms with E-state index >= 15 is 0 Å². The molecule has 0 saturated heterocycles. The highest BCUT2D eigenvalue weighted by Crippen LogP contribution is 2.27. The van der Waals surface area contributed by atoms with Crippen molar-refractivity contribution >= 4 is 34.9 Å². The van der Waals surface area contributed by atoms with Crippen LogP contribution < -0.4 is 10.5 Å². The number of carbonyl (C=O) groups is 1. The zero-order valence-electron chi connectivity index (χ0n) is 10.3. The maximum Gasteiger partial charge on any atom is 0.339 e. The lowest BCUT2D eigenvalue weighted by Crippen LogP contribution is -2.05. The molecule has 0 aliphatic rings. The van der Waals surface area contributed by atoms with Crippen LogP contribution in [0.3, 0.4) is 0 Å². The molecule has 0 aliphatic carbocycles. The quantitative estimate of drug-likeness (QED) is 0.841. The SMILES string of the molecule is Nc1ccc(OCc2c(Cl)cccc2Cl)c(C(=O)O)c1. The van der Waals surface area contributed by atoms with Gasteiger partial charge in [0, 0.05) is 21.3 Å². The van der Waals surface area contributed by atoms with Crippen LogP contribution in [0.2, 0.25) is 10.0 Å². The van der Waals surface area contributed by atoms with Gasteiger partial charge >= 0.3 is 5.97 Å². The predicted molar refractivity (Wildman–Crippen MR) is 78.6 cm³/mol. The van der Waals surface area contributed by atoms with E-state index < -0.39 is 5.97 Å². The number of nitrogen functional groups attached to an aromatic ring is 1. The summed E-state index contributed by atoms with van der Waals surface area (Å²) in [5.74, 6) is -0.903. The first-order valence-corrected chi connectivity index (χ1v) is 6.43. The number of benzene rings is 2. The van der Waals surface area contributed by atoms with Crippen molar-refractivity contribution < 1.29 is 14.6 Å². The molecule has 2 rings (SSSR count). The summed E-state index contributed by atoms with van der Waals surface area (Å²) in [5.41, 5.74) is 6.51. The molecule has 0 radical (unpaired) electrons. The lowest BCUT2D eigenvalue weighted by molar-refractivity contribution is 0.0692. The van der Waals surface area contributed by atoms with Crippen molar-refractivity contribution in [3.8, 4) is 5.75 Å². The van der Waals surface area contributed by atoms with Gasteiger partial charge in [0.2, 0.25) is 0 Å². The molecule has 0 aromatic heterocycles. The fraction of sp³-hybridized carbons (Fsp3) is 0.0714. The maximum absolute atomic E-state index is 11.1. The monoisotopic (exact) mass is 311 g/mol. The molecule has 0 heterocycles. The van der Waals surface area contributed by atoms with Crippen LogP contribution >= 0.6 is 23.2 Å². The second kappa shape index (κ2) is 6.03. The summed E-state index contributed by atoms with van der Waals surface area (Å²) in [7, 11) is 0. The van der Waals surface area contributed by atoms with E-state index in [-0.39, 0.29) is 17.9 Å². The first-order valence-electron chi connectivity index (χ1n) is 5.67. The Labute approximate surface area is 125 Å². The van der Waals surface area contributed by atoms with Gasteiger partial charge < -0.3 is 15.6 Å². The number of hydrogen-bond acceptors (Lipinski definition) is 3. The van der Waals surface area contributed by atoms with Crippen molar-refractivity contribution in [3.63, 3.8) is 0 Å². The molecule has 2 aromatic carbocycles. The van der Waals surface area contributed by atoms with Gasteiger partial charge in [-0.25, -0.2) is 4.79 Å². The smallest absolute Gasteiger partial charge is 0.339 e. The minimum atomic E-state index is -1.11. The highest BCUT2D eigenvalue weighted by molar-refractivity contribution is 6.35. The van der Waals surface area contributed by atoms with E-state index in [1.54, 1.807) is 24.3 Å². The van der Waals surface area contributed by atoms with Crippen LogP contribution in [0.5, 0.6) is 5.75 Å². The summed E-state index contributed by atoms with van der Waals surface area (Å²) >= 11 is 12.0. The van der Waals surface area contributed by atoms with Gasteiger partial charge in [-0.2, -0.15) is 0 Å².